The highest BCUT2D eigenvalue weighted by atomic mass is 19.4. The van der Waals surface area contributed by atoms with Crippen molar-refractivity contribution < 1.29 is 22.4 Å². The Kier molecular flexibility index (Phi) is 6.22. The molecule has 178 valence electrons. The lowest BCUT2D eigenvalue weighted by Crippen LogP contribution is -2.22. The van der Waals surface area contributed by atoms with Crippen LogP contribution in [0.15, 0.2) is 51.9 Å². The molecule has 0 N–H and O–H groups in total. The van der Waals surface area contributed by atoms with Crippen LogP contribution >= 0.6 is 0 Å². The first kappa shape index (κ1) is 23.2. The van der Waals surface area contributed by atoms with Gasteiger partial charge in [-0.3, -0.25) is 4.79 Å². The summed E-state index contributed by atoms with van der Waals surface area (Å²) in [5.41, 5.74) is 1.12. The maximum absolute atomic E-state index is 12.3. The van der Waals surface area contributed by atoms with Crippen LogP contribution in [-0.4, -0.2) is 35.8 Å². The maximum Gasteiger partial charge on any atom is 0.573 e. The number of halogens is 3. The molecule has 0 bridgehead atoms. The summed E-state index contributed by atoms with van der Waals surface area (Å²) in [7, 11) is 0. The summed E-state index contributed by atoms with van der Waals surface area (Å²) in [6.45, 7) is 6.82. The lowest BCUT2D eigenvalue weighted by Gasteiger charge is -2.09. The number of aromatic nitrogens is 6. The van der Waals surface area contributed by atoms with Crippen molar-refractivity contribution in [2.75, 3.05) is 0 Å². The van der Waals surface area contributed by atoms with Crippen molar-refractivity contribution >= 4 is 0 Å². The molecule has 4 aromatic rings. The number of nitrogens with zero attached hydrogens (tertiary/aromatic N) is 6. The molecule has 0 fully saturated rings. The molecule has 0 spiro atoms. The van der Waals surface area contributed by atoms with E-state index >= 15 is 0 Å². The molecule has 3 aromatic heterocycles. The zero-order valence-electron chi connectivity index (χ0n) is 18.6. The van der Waals surface area contributed by atoms with E-state index < -0.39 is 6.36 Å². The normalized spacial score (nSPS) is 11.9. The predicted molar refractivity (Wildman–Crippen MR) is 115 cm³/mol. The third kappa shape index (κ3) is 5.50. The van der Waals surface area contributed by atoms with E-state index in [9.17, 15) is 18.0 Å². The molecule has 0 unspecified atom stereocenters. The van der Waals surface area contributed by atoms with Crippen molar-refractivity contribution in [1.82, 2.24) is 29.5 Å². The number of benzene rings is 1. The number of hydrogen-bond acceptors (Lipinski definition) is 7. The molecule has 0 atom stereocenters. The fourth-order valence-corrected chi connectivity index (χ4v) is 3.26. The molecule has 0 aliphatic carbocycles. The van der Waals surface area contributed by atoms with E-state index in [4.69, 9.17) is 4.52 Å². The van der Waals surface area contributed by atoms with Crippen molar-refractivity contribution in [2.45, 2.75) is 40.2 Å². The monoisotopic (exact) mass is 474 g/mol. The Morgan fingerprint density at radius 1 is 1.09 bits per heavy atom. The quantitative estimate of drug-likeness (QED) is 0.398. The van der Waals surface area contributed by atoms with E-state index in [1.54, 1.807) is 28.4 Å². The summed E-state index contributed by atoms with van der Waals surface area (Å²) in [5.74, 6) is 0.995. The summed E-state index contributed by atoms with van der Waals surface area (Å²) in [6.07, 6.45) is -3.01. The number of ether oxygens (including phenoxy) is 1. The van der Waals surface area contributed by atoms with Crippen LogP contribution in [0, 0.1) is 12.8 Å². The molecule has 0 amide bonds. The Morgan fingerprint density at radius 2 is 1.82 bits per heavy atom. The summed E-state index contributed by atoms with van der Waals surface area (Å²) in [5, 5.41) is 8.25. The summed E-state index contributed by atoms with van der Waals surface area (Å²) >= 11 is 0. The van der Waals surface area contributed by atoms with Crippen molar-refractivity contribution in [3.8, 4) is 28.9 Å². The highest BCUT2D eigenvalue weighted by Crippen LogP contribution is 2.26. The van der Waals surface area contributed by atoms with Gasteiger partial charge < -0.3 is 13.8 Å². The fraction of sp³-hybridized carbons (Fsp3) is 0.318. The summed E-state index contributed by atoms with van der Waals surface area (Å²) < 4.78 is 49.3. The SMILES string of the molecule is Cc1nc(-c2nc(-c3ccc(OC(F)(F)F)cc3)no2)nn1Cc1ccn(CC(C)C)c(=O)c1. The van der Waals surface area contributed by atoms with Gasteiger partial charge in [-0.1, -0.05) is 19.0 Å². The van der Waals surface area contributed by atoms with Gasteiger partial charge in [-0.05, 0) is 48.7 Å². The maximum atomic E-state index is 12.3. The van der Waals surface area contributed by atoms with Gasteiger partial charge in [0.1, 0.15) is 11.6 Å². The van der Waals surface area contributed by atoms with Gasteiger partial charge in [-0.25, -0.2) is 9.67 Å². The first-order valence-corrected chi connectivity index (χ1v) is 10.4. The van der Waals surface area contributed by atoms with E-state index in [0.29, 0.717) is 30.4 Å². The topological polar surface area (TPSA) is 101 Å². The highest BCUT2D eigenvalue weighted by Gasteiger charge is 2.31. The number of hydrogen-bond donors (Lipinski definition) is 0. The van der Waals surface area contributed by atoms with Gasteiger partial charge in [0, 0.05) is 24.4 Å². The molecule has 1 aromatic carbocycles. The van der Waals surface area contributed by atoms with Crippen LogP contribution in [0.4, 0.5) is 13.2 Å². The lowest BCUT2D eigenvalue weighted by molar-refractivity contribution is -0.274. The number of aryl methyl sites for hydroxylation is 1. The molecule has 9 nitrogen and oxygen atoms in total. The Hall–Kier alpha value is -3.96. The minimum atomic E-state index is -4.77. The fourth-order valence-electron chi connectivity index (χ4n) is 3.26. The van der Waals surface area contributed by atoms with E-state index in [2.05, 4.69) is 25.0 Å². The molecule has 0 radical (unpaired) electrons. The smallest absolute Gasteiger partial charge is 0.406 e. The molecule has 0 aliphatic heterocycles. The molecule has 34 heavy (non-hydrogen) atoms. The first-order valence-electron chi connectivity index (χ1n) is 10.4. The third-order valence-corrected chi connectivity index (χ3v) is 4.77. The average molecular weight is 474 g/mol. The Bertz CT molecular complexity index is 1340. The molecule has 0 saturated heterocycles. The minimum absolute atomic E-state index is 0.0554. The zero-order chi connectivity index (χ0) is 24.5. The highest BCUT2D eigenvalue weighted by molar-refractivity contribution is 5.57. The Balaban J connectivity index is 1.50. The van der Waals surface area contributed by atoms with Gasteiger partial charge in [-0.2, -0.15) is 4.98 Å². The first-order chi connectivity index (χ1) is 16.1. The zero-order valence-corrected chi connectivity index (χ0v) is 18.6. The van der Waals surface area contributed by atoms with Crippen LogP contribution in [0.5, 0.6) is 5.75 Å². The number of pyridine rings is 1. The summed E-state index contributed by atoms with van der Waals surface area (Å²) in [4.78, 5) is 20.9. The lowest BCUT2D eigenvalue weighted by atomic mass is 10.2. The van der Waals surface area contributed by atoms with Crippen molar-refractivity contribution in [1.29, 1.82) is 0 Å². The second kappa shape index (κ2) is 9.12. The van der Waals surface area contributed by atoms with Gasteiger partial charge in [0.2, 0.25) is 11.6 Å². The number of rotatable bonds is 7. The molecule has 4 rings (SSSR count). The second-order valence-corrected chi connectivity index (χ2v) is 8.06. The van der Waals surface area contributed by atoms with Crippen LogP contribution in [0.1, 0.15) is 25.2 Å². The van der Waals surface area contributed by atoms with E-state index in [1.807, 2.05) is 19.9 Å². The van der Waals surface area contributed by atoms with Gasteiger partial charge in [0.25, 0.3) is 11.4 Å². The van der Waals surface area contributed by atoms with Crippen LogP contribution in [0.25, 0.3) is 23.1 Å². The van der Waals surface area contributed by atoms with E-state index in [0.717, 1.165) is 17.7 Å². The van der Waals surface area contributed by atoms with Crippen LogP contribution < -0.4 is 10.3 Å². The largest absolute Gasteiger partial charge is 0.573 e. The third-order valence-electron chi connectivity index (χ3n) is 4.77. The van der Waals surface area contributed by atoms with Crippen molar-refractivity contribution in [2.24, 2.45) is 5.92 Å². The standard InChI is InChI=1S/C22H21F3N6O3/c1-13(2)11-30-9-8-15(10-18(30)32)12-31-14(3)26-20(28-31)21-27-19(29-34-21)16-4-6-17(7-5-16)33-22(23,24)25/h4-10,13H,11-12H2,1-3H3. The molecule has 0 saturated carbocycles. The van der Waals surface area contributed by atoms with Gasteiger partial charge in [-0.15, -0.1) is 18.3 Å². The molecule has 3 heterocycles. The van der Waals surface area contributed by atoms with Crippen LogP contribution in [-0.2, 0) is 13.1 Å². The van der Waals surface area contributed by atoms with E-state index in [1.165, 1.54) is 12.1 Å². The Morgan fingerprint density at radius 3 is 2.47 bits per heavy atom. The average Bonchev–Trinajstić information content (AvgIpc) is 3.37. The molecular weight excluding hydrogens is 453 g/mol. The molecule has 0 aliphatic rings. The van der Waals surface area contributed by atoms with Crippen LogP contribution in [0.2, 0.25) is 0 Å². The van der Waals surface area contributed by atoms with Crippen molar-refractivity contribution in [3.05, 3.63) is 64.3 Å². The van der Waals surface area contributed by atoms with E-state index in [-0.39, 0.29) is 28.8 Å². The molecular formula is C22H21F3N6O3. The van der Waals surface area contributed by atoms with Gasteiger partial charge >= 0.3 is 6.36 Å². The predicted octanol–water partition coefficient (Wildman–Crippen LogP) is 4.07. The van der Waals surface area contributed by atoms with Crippen LogP contribution in [0.3, 0.4) is 0 Å². The second-order valence-electron chi connectivity index (χ2n) is 8.06. The molecule has 12 heteroatoms. The summed E-state index contributed by atoms with van der Waals surface area (Å²) in [6, 6.07) is 8.51. The number of alkyl halides is 3. The van der Waals surface area contributed by atoms with Crippen molar-refractivity contribution in [3.63, 3.8) is 0 Å². The van der Waals surface area contributed by atoms with Gasteiger partial charge in [0.05, 0.1) is 6.54 Å². The minimum Gasteiger partial charge on any atom is -0.406 e. The Labute approximate surface area is 191 Å². The van der Waals surface area contributed by atoms with Gasteiger partial charge in [0.15, 0.2) is 0 Å².